The molecule has 0 saturated carbocycles. The van der Waals surface area contributed by atoms with Gasteiger partial charge in [0, 0.05) is 37.1 Å². The van der Waals surface area contributed by atoms with Gasteiger partial charge in [-0.1, -0.05) is 6.07 Å². The number of H-pyrrole nitrogens is 1. The standard InChI is InChI=1S/C24H22FN5O/c1-15-4-7-22(25)23-21(15)9-16(28-24(23)31)3-2-8-29-13-20-10-19(29)14-30(20)18-6-5-17(11-26)27-12-18/h4-7,9,12-13,19H,2-3,8,10,14H2,1H3,(H,28,31). The number of fused-ring (bicyclic) bond motifs is 3. The van der Waals surface area contributed by atoms with Gasteiger partial charge in [0.05, 0.1) is 23.3 Å². The van der Waals surface area contributed by atoms with Crippen molar-refractivity contribution >= 4 is 16.5 Å². The SMILES string of the molecule is Cc1ccc(F)c2c(=O)[nH]c(CCCN3C=C4CC3CN4c3ccc(C#N)nc3)cc12. The Morgan fingerprint density at radius 1 is 1.32 bits per heavy atom. The molecule has 0 aliphatic carbocycles. The van der Waals surface area contributed by atoms with E-state index in [4.69, 9.17) is 5.26 Å². The summed E-state index contributed by atoms with van der Waals surface area (Å²) in [6, 6.07) is 11.1. The fraction of sp³-hybridized carbons (Fsp3) is 0.292. The van der Waals surface area contributed by atoms with Crippen molar-refractivity contribution in [2.75, 3.05) is 18.0 Å². The monoisotopic (exact) mass is 415 g/mol. The van der Waals surface area contributed by atoms with E-state index in [-0.39, 0.29) is 10.9 Å². The van der Waals surface area contributed by atoms with Gasteiger partial charge in [-0.3, -0.25) is 4.79 Å². The van der Waals surface area contributed by atoms with Gasteiger partial charge < -0.3 is 14.8 Å². The number of nitrogens with one attached hydrogen (secondary N) is 1. The van der Waals surface area contributed by atoms with E-state index in [1.54, 1.807) is 18.3 Å². The van der Waals surface area contributed by atoms with Crippen LogP contribution in [0.2, 0.25) is 0 Å². The molecule has 156 valence electrons. The van der Waals surface area contributed by atoms with E-state index >= 15 is 0 Å². The highest BCUT2D eigenvalue weighted by Gasteiger charge is 2.36. The Bertz CT molecular complexity index is 1290. The van der Waals surface area contributed by atoms with Crippen LogP contribution in [0.25, 0.3) is 10.8 Å². The molecule has 3 aromatic rings. The van der Waals surface area contributed by atoms with Crippen molar-refractivity contribution in [3.05, 3.63) is 81.5 Å². The number of aromatic amines is 1. The van der Waals surface area contributed by atoms with E-state index in [0.717, 1.165) is 49.3 Å². The number of aromatic nitrogens is 2. The molecule has 1 aromatic carbocycles. The van der Waals surface area contributed by atoms with Gasteiger partial charge in [-0.2, -0.15) is 5.26 Å². The number of hydrogen-bond donors (Lipinski definition) is 1. The molecule has 4 heterocycles. The van der Waals surface area contributed by atoms with Crippen LogP contribution >= 0.6 is 0 Å². The second kappa shape index (κ2) is 7.55. The normalized spacial score (nSPS) is 17.3. The molecule has 1 N–H and O–H groups in total. The van der Waals surface area contributed by atoms with Crippen molar-refractivity contribution in [2.45, 2.75) is 32.2 Å². The summed E-state index contributed by atoms with van der Waals surface area (Å²) in [5.74, 6) is -0.477. The predicted octanol–water partition coefficient (Wildman–Crippen LogP) is 3.61. The molecule has 7 heteroatoms. The fourth-order valence-electron chi connectivity index (χ4n) is 4.63. The van der Waals surface area contributed by atoms with Crippen LogP contribution in [0.15, 0.2) is 53.2 Å². The maximum atomic E-state index is 14.0. The largest absolute Gasteiger partial charge is 0.371 e. The molecule has 1 unspecified atom stereocenters. The second-order valence-corrected chi connectivity index (χ2v) is 8.22. The number of rotatable bonds is 5. The maximum Gasteiger partial charge on any atom is 0.259 e. The molecule has 2 aromatic heterocycles. The van der Waals surface area contributed by atoms with E-state index in [0.29, 0.717) is 17.1 Å². The zero-order chi connectivity index (χ0) is 21.5. The van der Waals surface area contributed by atoms with Crippen LogP contribution in [-0.2, 0) is 6.42 Å². The average Bonchev–Trinajstić information content (AvgIpc) is 3.37. The van der Waals surface area contributed by atoms with Crippen molar-refractivity contribution in [1.29, 1.82) is 5.26 Å². The van der Waals surface area contributed by atoms with Gasteiger partial charge in [0.2, 0.25) is 0 Å². The lowest BCUT2D eigenvalue weighted by Crippen LogP contribution is -2.37. The first-order chi connectivity index (χ1) is 15.0. The molecule has 5 rings (SSSR count). The number of nitriles is 1. The van der Waals surface area contributed by atoms with Gasteiger partial charge in [0.15, 0.2) is 0 Å². The van der Waals surface area contributed by atoms with Crippen LogP contribution in [0.3, 0.4) is 0 Å². The van der Waals surface area contributed by atoms with Crippen molar-refractivity contribution in [2.24, 2.45) is 0 Å². The van der Waals surface area contributed by atoms with Gasteiger partial charge in [0.25, 0.3) is 5.56 Å². The van der Waals surface area contributed by atoms with Gasteiger partial charge in [-0.05, 0) is 55.0 Å². The average molecular weight is 415 g/mol. The number of aryl methyl sites for hydroxylation is 2. The number of hydrogen-bond acceptors (Lipinski definition) is 5. The van der Waals surface area contributed by atoms with E-state index in [9.17, 15) is 9.18 Å². The van der Waals surface area contributed by atoms with Crippen molar-refractivity contribution in [1.82, 2.24) is 14.9 Å². The van der Waals surface area contributed by atoms with Gasteiger partial charge in [0.1, 0.15) is 17.6 Å². The molecule has 1 atom stereocenters. The van der Waals surface area contributed by atoms with E-state index in [2.05, 4.69) is 26.0 Å². The minimum atomic E-state index is -0.477. The zero-order valence-corrected chi connectivity index (χ0v) is 17.2. The van der Waals surface area contributed by atoms with Gasteiger partial charge in [-0.15, -0.1) is 0 Å². The molecule has 2 bridgehead atoms. The highest BCUT2D eigenvalue weighted by Crippen LogP contribution is 2.36. The smallest absolute Gasteiger partial charge is 0.259 e. The Balaban J connectivity index is 1.25. The summed E-state index contributed by atoms with van der Waals surface area (Å²) in [4.78, 5) is 24.0. The maximum absolute atomic E-state index is 14.0. The van der Waals surface area contributed by atoms with Crippen LogP contribution in [0, 0.1) is 24.1 Å². The highest BCUT2D eigenvalue weighted by atomic mass is 19.1. The van der Waals surface area contributed by atoms with Gasteiger partial charge in [-0.25, -0.2) is 9.37 Å². The number of benzene rings is 1. The molecule has 1 saturated heterocycles. The number of anilines is 1. The van der Waals surface area contributed by atoms with E-state index < -0.39 is 5.82 Å². The summed E-state index contributed by atoms with van der Waals surface area (Å²) < 4.78 is 14.0. The van der Waals surface area contributed by atoms with Crippen LogP contribution < -0.4 is 10.5 Å². The summed E-state index contributed by atoms with van der Waals surface area (Å²) >= 11 is 0. The van der Waals surface area contributed by atoms with Crippen LogP contribution in [0.5, 0.6) is 0 Å². The minimum absolute atomic E-state index is 0.141. The molecule has 2 aliphatic rings. The third-order valence-electron chi connectivity index (χ3n) is 6.24. The molecular formula is C24H22FN5O. The first-order valence-electron chi connectivity index (χ1n) is 10.4. The van der Waals surface area contributed by atoms with Crippen LogP contribution in [0.4, 0.5) is 10.1 Å². The number of pyridine rings is 2. The summed E-state index contributed by atoms with van der Waals surface area (Å²) in [7, 11) is 0. The molecule has 0 spiro atoms. The van der Waals surface area contributed by atoms with Crippen molar-refractivity contribution in [3.8, 4) is 6.07 Å². The molecule has 6 nitrogen and oxygen atoms in total. The van der Waals surface area contributed by atoms with Crippen LogP contribution in [-0.4, -0.2) is 34.0 Å². The summed E-state index contributed by atoms with van der Waals surface area (Å²) in [5, 5.41) is 9.74. The second-order valence-electron chi connectivity index (χ2n) is 8.22. The Hall–Kier alpha value is -3.66. The lowest BCUT2D eigenvalue weighted by molar-refractivity contribution is 0.304. The quantitative estimate of drug-likeness (QED) is 0.689. The fourth-order valence-corrected chi connectivity index (χ4v) is 4.63. The Labute approximate surface area is 179 Å². The van der Waals surface area contributed by atoms with Gasteiger partial charge >= 0.3 is 0 Å². The summed E-state index contributed by atoms with van der Waals surface area (Å²) in [6.45, 7) is 3.70. The van der Waals surface area contributed by atoms with E-state index in [1.807, 2.05) is 25.1 Å². The summed E-state index contributed by atoms with van der Waals surface area (Å²) in [5.41, 5.74) is 4.10. The first-order valence-corrected chi connectivity index (χ1v) is 10.4. The number of nitrogens with zero attached hydrogens (tertiary/aromatic N) is 4. The molecule has 0 amide bonds. The predicted molar refractivity (Wildman–Crippen MR) is 117 cm³/mol. The van der Waals surface area contributed by atoms with Crippen molar-refractivity contribution in [3.63, 3.8) is 0 Å². The lowest BCUT2D eigenvalue weighted by Gasteiger charge is -2.31. The topological polar surface area (TPSA) is 76.0 Å². The molecule has 1 fully saturated rings. The number of halogens is 1. The Morgan fingerprint density at radius 2 is 2.19 bits per heavy atom. The van der Waals surface area contributed by atoms with Crippen molar-refractivity contribution < 1.29 is 4.39 Å². The third kappa shape index (κ3) is 3.44. The van der Waals surface area contributed by atoms with E-state index in [1.165, 1.54) is 11.8 Å². The first kappa shape index (κ1) is 19.3. The third-order valence-corrected chi connectivity index (χ3v) is 6.24. The molecule has 0 radical (unpaired) electrons. The molecule has 31 heavy (non-hydrogen) atoms. The Morgan fingerprint density at radius 3 is 2.90 bits per heavy atom. The molecular weight excluding hydrogens is 393 g/mol. The Kier molecular flexibility index (Phi) is 4.70. The molecule has 2 aliphatic heterocycles. The highest BCUT2D eigenvalue weighted by molar-refractivity contribution is 5.85. The lowest BCUT2D eigenvalue weighted by atomic mass is 10.0. The zero-order valence-electron chi connectivity index (χ0n) is 17.2. The minimum Gasteiger partial charge on any atom is -0.371 e. The summed E-state index contributed by atoms with van der Waals surface area (Å²) in [6.07, 6.45) is 6.59. The van der Waals surface area contributed by atoms with Crippen LogP contribution in [0.1, 0.15) is 29.8 Å².